The number of fused-ring (bicyclic) bond motifs is 1. The molecule has 0 aromatic heterocycles. The number of aliphatic hydroxyl groups is 3. The van der Waals surface area contributed by atoms with Crippen LogP contribution in [0, 0.1) is 11.3 Å². The first-order chi connectivity index (χ1) is 12.0. The standard InChI is InChI=1S/C21H36O5/c1-12-7-6-9-21(5)10-8-14(11-15(12)21)20(3,4)26-19-18(24)17(23)16(22)13(2)25-19/h13-14,16-19,22-24H,6-11H2,1-5H3/t13-,14-,16+,17+,18-,19+,21+/m1/s1. The Morgan fingerprint density at radius 3 is 2.50 bits per heavy atom. The van der Waals surface area contributed by atoms with Crippen molar-refractivity contribution in [2.45, 2.75) is 109 Å². The fourth-order valence-electron chi connectivity index (χ4n) is 5.20. The summed E-state index contributed by atoms with van der Waals surface area (Å²) in [6, 6.07) is 0. The summed E-state index contributed by atoms with van der Waals surface area (Å²) in [5.74, 6) is 0.341. The fraction of sp³-hybridized carbons (Fsp3) is 0.905. The van der Waals surface area contributed by atoms with E-state index in [9.17, 15) is 15.3 Å². The summed E-state index contributed by atoms with van der Waals surface area (Å²) in [6.07, 6.45) is 1.95. The average Bonchev–Trinajstić information content (AvgIpc) is 2.57. The van der Waals surface area contributed by atoms with Crippen molar-refractivity contribution in [2.75, 3.05) is 0 Å². The molecule has 3 aliphatic rings. The third-order valence-corrected chi connectivity index (χ3v) is 7.23. The Balaban J connectivity index is 1.72. The van der Waals surface area contributed by atoms with Crippen molar-refractivity contribution in [2.24, 2.45) is 11.3 Å². The summed E-state index contributed by atoms with van der Waals surface area (Å²) < 4.78 is 11.9. The zero-order chi connectivity index (χ0) is 19.3. The molecule has 0 unspecified atom stereocenters. The highest BCUT2D eigenvalue weighted by Gasteiger charge is 2.48. The number of aliphatic hydroxyl groups excluding tert-OH is 3. The Morgan fingerprint density at radius 1 is 1.12 bits per heavy atom. The number of allylic oxidation sites excluding steroid dienone is 2. The van der Waals surface area contributed by atoms with Crippen LogP contribution in [0.25, 0.3) is 0 Å². The zero-order valence-electron chi connectivity index (χ0n) is 16.9. The lowest BCUT2D eigenvalue weighted by Gasteiger charge is -2.49. The van der Waals surface area contributed by atoms with Crippen LogP contribution in [0.5, 0.6) is 0 Å². The van der Waals surface area contributed by atoms with Crippen LogP contribution in [0.2, 0.25) is 0 Å². The van der Waals surface area contributed by atoms with E-state index < -0.39 is 36.3 Å². The van der Waals surface area contributed by atoms with Gasteiger partial charge in [-0.2, -0.15) is 0 Å². The van der Waals surface area contributed by atoms with Crippen LogP contribution in [-0.4, -0.2) is 51.6 Å². The molecular weight excluding hydrogens is 332 g/mol. The van der Waals surface area contributed by atoms with Crippen molar-refractivity contribution in [1.29, 1.82) is 0 Å². The molecular formula is C21H36O5. The number of hydrogen-bond donors (Lipinski definition) is 3. The maximum Gasteiger partial charge on any atom is 0.187 e. The monoisotopic (exact) mass is 368 g/mol. The highest BCUT2D eigenvalue weighted by atomic mass is 16.7. The summed E-state index contributed by atoms with van der Waals surface area (Å²) in [5, 5.41) is 30.2. The van der Waals surface area contributed by atoms with E-state index in [0.29, 0.717) is 11.3 Å². The molecule has 2 aliphatic carbocycles. The first-order valence-corrected chi connectivity index (χ1v) is 10.1. The lowest BCUT2D eigenvalue weighted by Crippen LogP contribution is -2.59. The molecule has 7 atom stereocenters. The highest BCUT2D eigenvalue weighted by Crippen LogP contribution is 2.53. The van der Waals surface area contributed by atoms with Crippen molar-refractivity contribution in [3.8, 4) is 0 Å². The van der Waals surface area contributed by atoms with Crippen molar-refractivity contribution in [3.05, 3.63) is 11.1 Å². The van der Waals surface area contributed by atoms with Gasteiger partial charge in [-0.3, -0.25) is 0 Å². The zero-order valence-corrected chi connectivity index (χ0v) is 16.9. The molecule has 5 nitrogen and oxygen atoms in total. The Labute approximate surface area is 157 Å². The topological polar surface area (TPSA) is 79.2 Å². The van der Waals surface area contributed by atoms with E-state index >= 15 is 0 Å². The summed E-state index contributed by atoms with van der Waals surface area (Å²) in [5.41, 5.74) is 3.00. The van der Waals surface area contributed by atoms with E-state index in [4.69, 9.17) is 9.47 Å². The van der Waals surface area contributed by atoms with Crippen molar-refractivity contribution < 1.29 is 24.8 Å². The van der Waals surface area contributed by atoms with Gasteiger partial charge in [-0.15, -0.1) is 0 Å². The van der Waals surface area contributed by atoms with E-state index in [1.54, 1.807) is 18.1 Å². The molecule has 0 bridgehead atoms. The van der Waals surface area contributed by atoms with E-state index in [0.717, 1.165) is 12.8 Å². The lowest BCUT2D eigenvalue weighted by molar-refractivity contribution is -0.323. The second-order valence-electron chi connectivity index (χ2n) is 9.52. The molecule has 26 heavy (non-hydrogen) atoms. The van der Waals surface area contributed by atoms with Crippen LogP contribution in [0.3, 0.4) is 0 Å². The largest absolute Gasteiger partial charge is 0.388 e. The van der Waals surface area contributed by atoms with Crippen LogP contribution >= 0.6 is 0 Å². The summed E-state index contributed by atoms with van der Waals surface area (Å²) in [6.45, 7) is 10.5. The molecule has 0 amide bonds. The molecule has 150 valence electrons. The van der Waals surface area contributed by atoms with Crippen molar-refractivity contribution in [1.82, 2.24) is 0 Å². The van der Waals surface area contributed by atoms with Crippen LogP contribution < -0.4 is 0 Å². The predicted octanol–water partition coefficient (Wildman–Crippen LogP) is 2.92. The van der Waals surface area contributed by atoms with Crippen LogP contribution in [0.4, 0.5) is 0 Å². The molecule has 0 radical (unpaired) electrons. The minimum atomic E-state index is -1.25. The van der Waals surface area contributed by atoms with E-state index in [-0.39, 0.29) is 0 Å². The van der Waals surface area contributed by atoms with Gasteiger partial charge in [0.1, 0.15) is 18.3 Å². The molecule has 1 aliphatic heterocycles. The maximum absolute atomic E-state index is 10.3. The molecule has 0 aromatic rings. The Morgan fingerprint density at radius 2 is 1.81 bits per heavy atom. The van der Waals surface area contributed by atoms with Gasteiger partial charge in [0.25, 0.3) is 0 Å². The molecule has 3 rings (SSSR count). The molecule has 0 spiro atoms. The van der Waals surface area contributed by atoms with Gasteiger partial charge in [-0.05, 0) is 77.6 Å². The van der Waals surface area contributed by atoms with Gasteiger partial charge in [0.05, 0.1) is 11.7 Å². The Bertz CT molecular complexity index is 557. The SMILES string of the molecule is CC1=C2C[C@H](C(C)(C)O[C@@H]3O[C@H](C)[C@H](O)[C@H](O)[C@H]3O)CC[C@]2(C)CCC1. The van der Waals surface area contributed by atoms with Gasteiger partial charge >= 0.3 is 0 Å². The highest BCUT2D eigenvalue weighted by molar-refractivity contribution is 5.26. The van der Waals surface area contributed by atoms with Gasteiger partial charge in [-0.25, -0.2) is 0 Å². The van der Waals surface area contributed by atoms with Gasteiger partial charge in [0, 0.05) is 0 Å². The number of rotatable bonds is 3. The average molecular weight is 369 g/mol. The van der Waals surface area contributed by atoms with E-state index in [1.807, 2.05) is 0 Å². The number of ether oxygens (including phenoxy) is 2. The minimum absolute atomic E-state index is 0.338. The van der Waals surface area contributed by atoms with Crippen molar-refractivity contribution in [3.63, 3.8) is 0 Å². The molecule has 1 saturated carbocycles. The molecule has 0 aromatic carbocycles. The smallest absolute Gasteiger partial charge is 0.187 e. The Kier molecular flexibility index (Phi) is 5.59. The molecule has 1 heterocycles. The summed E-state index contributed by atoms with van der Waals surface area (Å²) in [4.78, 5) is 0. The third kappa shape index (κ3) is 3.61. The maximum atomic E-state index is 10.3. The predicted molar refractivity (Wildman–Crippen MR) is 99.5 cm³/mol. The van der Waals surface area contributed by atoms with Crippen LogP contribution in [0.1, 0.15) is 73.1 Å². The van der Waals surface area contributed by atoms with Crippen LogP contribution in [0.15, 0.2) is 11.1 Å². The minimum Gasteiger partial charge on any atom is -0.388 e. The van der Waals surface area contributed by atoms with E-state index in [2.05, 4.69) is 27.7 Å². The van der Waals surface area contributed by atoms with Gasteiger partial charge in [-0.1, -0.05) is 18.1 Å². The second-order valence-corrected chi connectivity index (χ2v) is 9.52. The number of hydrogen-bond acceptors (Lipinski definition) is 5. The molecule has 2 fully saturated rings. The van der Waals surface area contributed by atoms with Crippen molar-refractivity contribution >= 4 is 0 Å². The van der Waals surface area contributed by atoms with Gasteiger partial charge in [0.15, 0.2) is 6.29 Å². The second kappa shape index (κ2) is 7.17. The molecule has 1 saturated heterocycles. The third-order valence-electron chi connectivity index (χ3n) is 7.23. The summed E-state index contributed by atoms with van der Waals surface area (Å²) in [7, 11) is 0. The van der Waals surface area contributed by atoms with E-state index in [1.165, 1.54) is 25.7 Å². The van der Waals surface area contributed by atoms with Gasteiger partial charge < -0.3 is 24.8 Å². The lowest BCUT2D eigenvalue weighted by atomic mass is 9.59. The molecule has 3 N–H and O–H groups in total. The first kappa shape index (κ1) is 20.3. The normalized spacial score (nSPS) is 44.8. The molecule has 5 heteroatoms. The van der Waals surface area contributed by atoms with Gasteiger partial charge in [0.2, 0.25) is 0 Å². The summed E-state index contributed by atoms with van der Waals surface area (Å²) >= 11 is 0. The first-order valence-electron chi connectivity index (χ1n) is 10.1. The Hall–Kier alpha value is -0.460. The quantitative estimate of drug-likeness (QED) is 0.668. The van der Waals surface area contributed by atoms with Crippen LogP contribution in [-0.2, 0) is 9.47 Å². The fourth-order valence-corrected chi connectivity index (χ4v) is 5.20.